The lowest BCUT2D eigenvalue weighted by atomic mass is 10.3. The van der Waals surface area contributed by atoms with E-state index < -0.39 is 20.0 Å². The van der Waals surface area contributed by atoms with Crippen LogP contribution in [-0.4, -0.2) is 16.8 Å². The second-order valence-electron chi connectivity index (χ2n) is 6.31. The van der Waals surface area contributed by atoms with Crippen molar-refractivity contribution in [2.24, 2.45) is 0 Å². The van der Waals surface area contributed by atoms with Crippen LogP contribution in [-0.2, 0) is 20.0 Å². The monoisotopic (exact) mass is 478 g/mol. The molecule has 0 unspecified atom stereocenters. The van der Waals surface area contributed by atoms with E-state index in [-0.39, 0.29) is 20.5 Å². The Bertz CT molecular complexity index is 1400. The minimum atomic E-state index is -3.93. The van der Waals surface area contributed by atoms with Crippen molar-refractivity contribution in [3.05, 3.63) is 83.9 Å². The summed E-state index contributed by atoms with van der Waals surface area (Å²) in [6, 6.07) is 20.8. The first-order chi connectivity index (χ1) is 14.2. The molecule has 30 heavy (non-hydrogen) atoms. The lowest BCUT2D eigenvalue weighted by Gasteiger charge is -2.14. The van der Waals surface area contributed by atoms with Crippen LogP contribution in [0.4, 0.5) is 11.4 Å². The van der Waals surface area contributed by atoms with Gasteiger partial charge in [0.15, 0.2) is 0 Å². The number of benzene rings is 3. The molecule has 0 spiro atoms. The smallest absolute Gasteiger partial charge is 0.271 e. The maximum atomic E-state index is 12.9. The molecule has 0 saturated carbocycles. The van der Waals surface area contributed by atoms with Crippen molar-refractivity contribution >= 4 is 64.4 Å². The number of sulfonamides is 2. The molecule has 2 N–H and O–H groups in total. The SMILES string of the molecule is O=S(=O)(Nc1ccccc1NS(=O)(=O)c1cc2ccccc2s1)c1ccc(Cl)cc1. The first-order valence-corrected chi connectivity index (χ1v) is 12.8. The van der Waals surface area contributed by atoms with E-state index in [1.165, 1.54) is 36.4 Å². The van der Waals surface area contributed by atoms with Gasteiger partial charge in [-0.05, 0) is 53.9 Å². The minimum Gasteiger partial charge on any atom is -0.277 e. The van der Waals surface area contributed by atoms with Crippen molar-refractivity contribution < 1.29 is 16.8 Å². The predicted molar refractivity (Wildman–Crippen MR) is 121 cm³/mol. The summed E-state index contributed by atoms with van der Waals surface area (Å²) in [4.78, 5) is 0.00839. The Kier molecular flexibility index (Phi) is 5.46. The van der Waals surface area contributed by atoms with E-state index in [9.17, 15) is 16.8 Å². The van der Waals surface area contributed by atoms with E-state index in [1.807, 2.05) is 24.3 Å². The van der Waals surface area contributed by atoms with Gasteiger partial charge in [0.1, 0.15) is 4.21 Å². The number of rotatable bonds is 6. The fraction of sp³-hybridized carbons (Fsp3) is 0. The summed E-state index contributed by atoms with van der Waals surface area (Å²) in [5.41, 5.74) is 0.227. The van der Waals surface area contributed by atoms with Crippen LogP contribution < -0.4 is 9.44 Å². The second-order valence-corrected chi connectivity index (χ2v) is 11.4. The average Bonchev–Trinajstić information content (AvgIpc) is 3.15. The van der Waals surface area contributed by atoms with Gasteiger partial charge in [-0.3, -0.25) is 9.44 Å². The number of halogens is 1. The van der Waals surface area contributed by atoms with Gasteiger partial charge in [-0.25, -0.2) is 16.8 Å². The van der Waals surface area contributed by atoms with Crippen LogP contribution >= 0.6 is 22.9 Å². The summed E-state index contributed by atoms with van der Waals surface area (Å²) < 4.78 is 57.1. The molecule has 0 fully saturated rings. The van der Waals surface area contributed by atoms with Crippen LogP contribution in [0.25, 0.3) is 10.1 Å². The Labute approximate surface area is 183 Å². The van der Waals surface area contributed by atoms with Gasteiger partial charge in [-0.1, -0.05) is 41.9 Å². The zero-order valence-corrected chi connectivity index (χ0v) is 18.4. The Morgan fingerprint density at radius 1 is 0.700 bits per heavy atom. The minimum absolute atomic E-state index is 0.00839. The van der Waals surface area contributed by atoms with Crippen molar-refractivity contribution in [1.82, 2.24) is 0 Å². The zero-order valence-electron chi connectivity index (χ0n) is 15.2. The normalized spacial score (nSPS) is 12.0. The first kappa shape index (κ1) is 20.7. The number of hydrogen-bond donors (Lipinski definition) is 2. The van der Waals surface area contributed by atoms with E-state index in [4.69, 9.17) is 11.6 Å². The Morgan fingerprint density at radius 2 is 1.27 bits per heavy atom. The average molecular weight is 479 g/mol. The van der Waals surface area contributed by atoms with Crippen molar-refractivity contribution in [1.29, 1.82) is 0 Å². The summed E-state index contributed by atoms with van der Waals surface area (Å²) in [5, 5.41) is 1.23. The molecule has 1 aromatic heterocycles. The molecule has 0 aliphatic carbocycles. The fourth-order valence-corrected chi connectivity index (χ4v) is 6.45. The van der Waals surface area contributed by atoms with E-state index in [0.717, 1.165) is 21.4 Å². The molecular formula is C20H15ClN2O4S3. The van der Waals surface area contributed by atoms with Crippen LogP contribution in [0.15, 0.2) is 88.0 Å². The van der Waals surface area contributed by atoms with E-state index >= 15 is 0 Å². The van der Waals surface area contributed by atoms with Crippen molar-refractivity contribution in [3.8, 4) is 0 Å². The van der Waals surface area contributed by atoms with Crippen LogP contribution in [0, 0.1) is 0 Å². The third-order valence-corrected chi connectivity index (χ3v) is 8.80. The van der Waals surface area contributed by atoms with Gasteiger partial charge in [0.2, 0.25) is 0 Å². The van der Waals surface area contributed by atoms with Gasteiger partial charge in [0.05, 0.1) is 16.3 Å². The van der Waals surface area contributed by atoms with Gasteiger partial charge in [-0.15, -0.1) is 11.3 Å². The Balaban J connectivity index is 1.65. The molecule has 0 radical (unpaired) electrons. The lowest BCUT2D eigenvalue weighted by molar-refractivity contribution is 0.599. The van der Waals surface area contributed by atoms with E-state index in [0.29, 0.717) is 5.02 Å². The summed E-state index contributed by atoms with van der Waals surface area (Å²) in [6.07, 6.45) is 0. The van der Waals surface area contributed by atoms with Crippen molar-refractivity contribution in [3.63, 3.8) is 0 Å². The fourth-order valence-electron chi connectivity index (χ4n) is 2.76. The van der Waals surface area contributed by atoms with E-state index in [2.05, 4.69) is 9.44 Å². The third kappa shape index (κ3) is 4.29. The van der Waals surface area contributed by atoms with Crippen LogP contribution in [0.3, 0.4) is 0 Å². The lowest BCUT2D eigenvalue weighted by Crippen LogP contribution is -2.17. The highest BCUT2D eigenvalue weighted by molar-refractivity contribution is 7.95. The summed E-state index contributed by atoms with van der Waals surface area (Å²) >= 11 is 6.96. The molecule has 3 aromatic carbocycles. The van der Waals surface area contributed by atoms with Crippen molar-refractivity contribution in [2.75, 3.05) is 9.44 Å². The number of nitrogens with one attached hydrogen (secondary N) is 2. The molecule has 0 bridgehead atoms. The molecule has 6 nitrogen and oxygen atoms in total. The Hall–Kier alpha value is -2.59. The highest BCUT2D eigenvalue weighted by Gasteiger charge is 2.21. The summed E-state index contributed by atoms with van der Waals surface area (Å²) in [6.45, 7) is 0. The quantitative estimate of drug-likeness (QED) is 0.400. The van der Waals surface area contributed by atoms with Gasteiger partial charge in [0, 0.05) is 9.72 Å². The molecule has 0 saturated heterocycles. The number of para-hydroxylation sites is 2. The number of anilines is 2. The molecule has 1 heterocycles. The Morgan fingerprint density at radius 3 is 1.90 bits per heavy atom. The van der Waals surface area contributed by atoms with Gasteiger partial charge in [-0.2, -0.15) is 0 Å². The van der Waals surface area contributed by atoms with Gasteiger partial charge in [0.25, 0.3) is 20.0 Å². The second kappa shape index (κ2) is 7.92. The molecule has 0 atom stereocenters. The molecule has 4 aromatic rings. The standard InChI is InChI=1S/C20H15ClN2O4S3/c21-15-9-11-16(12-10-15)29(24,25)22-17-6-2-3-7-18(17)23-30(26,27)20-13-14-5-1-4-8-19(14)28-20/h1-13,22-23H. The molecule has 0 aliphatic heterocycles. The molecule has 0 aliphatic rings. The molecular weight excluding hydrogens is 464 g/mol. The van der Waals surface area contributed by atoms with Crippen LogP contribution in [0.5, 0.6) is 0 Å². The third-order valence-electron chi connectivity index (χ3n) is 4.21. The number of hydrogen-bond acceptors (Lipinski definition) is 5. The van der Waals surface area contributed by atoms with Crippen molar-refractivity contribution in [2.45, 2.75) is 9.10 Å². The largest absolute Gasteiger partial charge is 0.277 e. The maximum Gasteiger partial charge on any atom is 0.271 e. The molecule has 10 heteroatoms. The van der Waals surface area contributed by atoms with Crippen LogP contribution in [0.1, 0.15) is 0 Å². The predicted octanol–water partition coefficient (Wildman–Crippen LogP) is 5.16. The number of fused-ring (bicyclic) bond motifs is 1. The molecule has 0 amide bonds. The molecule has 154 valence electrons. The highest BCUT2D eigenvalue weighted by atomic mass is 35.5. The first-order valence-electron chi connectivity index (χ1n) is 8.63. The van der Waals surface area contributed by atoms with Gasteiger partial charge < -0.3 is 0 Å². The van der Waals surface area contributed by atoms with E-state index in [1.54, 1.807) is 18.2 Å². The summed E-state index contributed by atoms with van der Waals surface area (Å²) in [5.74, 6) is 0. The highest BCUT2D eigenvalue weighted by Crippen LogP contribution is 2.32. The molecule has 4 rings (SSSR count). The topological polar surface area (TPSA) is 92.3 Å². The zero-order chi connectivity index (χ0) is 21.4. The summed E-state index contributed by atoms with van der Waals surface area (Å²) in [7, 11) is -7.84. The maximum absolute atomic E-state index is 12.9. The van der Waals surface area contributed by atoms with Gasteiger partial charge >= 0.3 is 0 Å². The van der Waals surface area contributed by atoms with Crippen LogP contribution in [0.2, 0.25) is 5.02 Å². The number of thiophene rings is 1.